The van der Waals surface area contributed by atoms with Gasteiger partial charge in [-0.3, -0.25) is 4.98 Å². The van der Waals surface area contributed by atoms with E-state index in [4.69, 9.17) is 0 Å². The van der Waals surface area contributed by atoms with E-state index in [1.165, 1.54) is 24.5 Å². The molecule has 0 bridgehead atoms. The van der Waals surface area contributed by atoms with Crippen LogP contribution in [0.25, 0.3) is 0 Å². The molecule has 0 unspecified atom stereocenters. The first-order valence-corrected chi connectivity index (χ1v) is 3.99. The Labute approximate surface area is 69.4 Å². The van der Waals surface area contributed by atoms with Crippen LogP contribution in [0.2, 0.25) is 0 Å². The molecule has 0 amide bonds. The molecule has 3 heteroatoms. The van der Waals surface area contributed by atoms with E-state index >= 15 is 0 Å². The predicted molar refractivity (Wildman–Crippen MR) is 40.9 cm³/mol. The molecule has 0 aliphatic heterocycles. The first-order chi connectivity index (χ1) is 5.71. The zero-order valence-electron chi connectivity index (χ0n) is 6.50. The summed E-state index contributed by atoms with van der Waals surface area (Å²) in [5.41, 5.74) is 0.0972. The van der Waals surface area contributed by atoms with Crippen LogP contribution in [0.5, 0.6) is 0 Å². The lowest BCUT2D eigenvalue weighted by Crippen LogP contribution is -2.15. The van der Waals surface area contributed by atoms with Crippen LogP contribution in [0.3, 0.4) is 0 Å². The Kier molecular flexibility index (Phi) is 1.60. The maximum Gasteiger partial charge on any atom is 0.276 e. The van der Waals surface area contributed by atoms with E-state index in [0.717, 1.165) is 0 Å². The Balaban J connectivity index is 2.28. The van der Waals surface area contributed by atoms with Gasteiger partial charge >= 0.3 is 0 Å². The van der Waals surface area contributed by atoms with Gasteiger partial charge in [-0.2, -0.15) is 0 Å². The maximum absolute atomic E-state index is 13.3. The smallest absolute Gasteiger partial charge is 0.265 e. The normalized spacial score (nSPS) is 17.8. The summed E-state index contributed by atoms with van der Waals surface area (Å²) in [6.45, 7) is 0. The lowest BCUT2D eigenvalue weighted by molar-refractivity contribution is -0.0286. The molecule has 1 nitrogen and oxygen atoms in total. The van der Waals surface area contributed by atoms with Crippen molar-refractivity contribution in [3.63, 3.8) is 0 Å². The fourth-order valence-electron chi connectivity index (χ4n) is 1.26. The molecule has 0 N–H and O–H groups in total. The van der Waals surface area contributed by atoms with Crippen molar-refractivity contribution in [3.8, 4) is 0 Å². The molecule has 1 fully saturated rings. The van der Waals surface area contributed by atoms with Gasteiger partial charge in [0.2, 0.25) is 0 Å². The van der Waals surface area contributed by atoms with Crippen LogP contribution in [-0.2, 0) is 5.92 Å². The van der Waals surface area contributed by atoms with E-state index in [1.807, 2.05) is 0 Å². The standard InChI is InChI=1S/C9H9F2N/c10-9(11,7-1-2-7)8-3-5-12-6-4-8/h3-7H,1-2H2. The van der Waals surface area contributed by atoms with E-state index in [2.05, 4.69) is 4.98 Å². The highest BCUT2D eigenvalue weighted by molar-refractivity contribution is 5.19. The quantitative estimate of drug-likeness (QED) is 0.663. The highest BCUT2D eigenvalue weighted by Crippen LogP contribution is 2.49. The molecule has 1 aliphatic rings. The summed E-state index contributed by atoms with van der Waals surface area (Å²) in [7, 11) is 0. The van der Waals surface area contributed by atoms with Crippen LogP contribution in [0.1, 0.15) is 18.4 Å². The number of halogens is 2. The van der Waals surface area contributed by atoms with E-state index < -0.39 is 11.8 Å². The molecule has 12 heavy (non-hydrogen) atoms. The van der Waals surface area contributed by atoms with Crippen molar-refractivity contribution in [3.05, 3.63) is 30.1 Å². The molecule has 1 aliphatic carbocycles. The van der Waals surface area contributed by atoms with Gasteiger partial charge in [0, 0.05) is 23.9 Å². The minimum Gasteiger partial charge on any atom is -0.265 e. The Morgan fingerprint density at radius 1 is 1.25 bits per heavy atom. The molecular formula is C9H9F2N. The summed E-state index contributed by atoms with van der Waals surface area (Å²) in [5.74, 6) is -3.07. The third-order valence-corrected chi connectivity index (χ3v) is 2.16. The highest BCUT2D eigenvalue weighted by atomic mass is 19.3. The lowest BCUT2D eigenvalue weighted by atomic mass is 10.1. The molecular weight excluding hydrogens is 160 g/mol. The maximum atomic E-state index is 13.3. The molecule has 1 heterocycles. The van der Waals surface area contributed by atoms with Gasteiger partial charge in [-0.05, 0) is 25.0 Å². The van der Waals surface area contributed by atoms with E-state index in [9.17, 15) is 8.78 Å². The number of hydrogen-bond acceptors (Lipinski definition) is 1. The molecule has 1 aromatic rings. The van der Waals surface area contributed by atoms with Crippen molar-refractivity contribution < 1.29 is 8.78 Å². The molecule has 0 atom stereocenters. The topological polar surface area (TPSA) is 12.9 Å². The zero-order valence-corrected chi connectivity index (χ0v) is 6.50. The van der Waals surface area contributed by atoms with Gasteiger partial charge in [0.05, 0.1) is 0 Å². The summed E-state index contributed by atoms with van der Waals surface area (Å²) >= 11 is 0. The van der Waals surface area contributed by atoms with Crippen molar-refractivity contribution in [2.24, 2.45) is 5.92 Å². The summed E-state index contributed by atoms with van der Waals surface area (Å²) in [6, 6.07) is 2.77. The third-order valence-electron chi connectivity index (χ3n) is 2.16. The minimum atomic E-state index is -2.64. The fraction of sp³-hybridized carbons (Fsp3) is 0.444. The second-order valence-electron chi connectivity index (χ2n) is 3.13. The van der Waals surface area contributed by atoms with Crippen LogP contribution >= 0.6 is 0 Å². The zero-order chi connectivity index (χ0) is 8.60. The Morgan fingerprint density at radius 3 is 2.33 bits per heavy atom. The van der Waals surface area contributed by atoms with Crippen LogP contribution in [0, 0.1) is 5.92 Å². The molecule has 64 valence electrons. The van der Waals surface area contributed by atoms with Crippen LogP contribution in [0.15, 0.2) is 24.5 Å². The monoisotopic (exact) mass is 169 g/mol. The first-order valence-electron chi connectivity index (χ1n) is 3.99. The van der Waals surface area contributed by atoms with Crippen molar-refractivity contribution in [1.29, 1.82) is 0 Å². The molecule has 1 saturated carbocycles. The second kappa shape index (κ2) is 2.51. The summed E-state index contributed by atoms with van der Waals surface area (Å²) in [5, 5.41) is 0. The average molecular weight is 169 g/mol. The van der Waals surface area contributed by atoms with Gasteiger partial charge < -0.3 is 0 Å². The highest BCUT2D eigenvalue weighted by Gasteiger charge is 2.47. The number of alkyl halides is 2. The Hall–Kier alpha value is -0.990. The van der Waals surface area contributed by atoms with E-state index in [-0.39, 0.29) is 5.56 Å². The number of pyridine rings is 1. The predicted octanol–water partition coefficient (Wildman–Crippen LogP) is 2.58. The van der Waals surface area contributed by atoms with Gasteiger partial charge in [-0.15, -0.1) is 0 Å². The molecule has 0 radical (unpaired) electrons. The van der Waals surface area contributed by atoms with Crippen LogP contribution in [0.4, 0.5) is 8.78 Å². The molecule has 0 saturated heterocycles. The lowest BCUT2D eigenvalue weighted by Gasteiger charge is -2.14. The Bertz CT molecular complexity index is 267. The Morgan fingerprint density at radius 2 is 1.83 bits per heavy atom. The van der Waals surface area contributed by atoms with Gasteiger partial charge in [0.1, 0.15) is 0 Å². The summed E-state index contributed by atoms with van der Waals surface area (Å²) in [4.78, 5) is 3.71. The van der Waals surface area contributed by atoms with Gasteiger partial charge in [-0.25, -0.2) is 8.78 Å². The largest absolute Gasteiger partial charge is 0.276 e. The van der Waals surface area contributed by atoms with E-state index in [0.29, 0.717) is 12.8 Å². The van der Waals surface area contributed by atoms with Crippen LogP contribution in [-0.4, -0.2) is 4.98 Å². The average Bonchev–Trinajstić information content (AvgIpc) is 2.88. The fourth-order valence-corrected chi connectivity index (χ4v) is 1.26. The summed E-state index contributed by atoms with van der Waals surface area (Å²) in [6.07, 6.45) is 4.11. The molecule has 2 rings (SSSR count). The number of aromatic nitrogens is 1. The number of rotatable bonds is 2. The second-order valence-corrected chi connectivity index (χ2v) is 3.13. The summed E-state index contributed by atoms with van der Waals surface area (Å²) < 4.78 is 26.6. The first kappa shape index (κ1) is 7.65. The number of nitrogens with zero attached hydrogens (tertiary/aromatic N) is 1. The van der Waals surface area contributed by atoms with Gasteiger partial charge in [0.25, 0.3) is 5.92 Å². The minimum absolute atomic E-state index is 0.0972. The number of hydrogen-bond donors (Lipinski definition) is 0. The molecule has 0 spiro atoms. The SMILES string of the molecule is FC(F)(c1ccncc1)C1CC1. The van der Waals surface area contributed by atoms with E-state index in [1.54, 1.807) is 0 Å². The van der Waals surface area contributed by atoms with Crippen molar-refractivity contribution in [2.75, 3.05) is 0 Å². The van der Waals surface area contributed by atoms with Gasteiger partial charge in [0.15, 0.2) is 0 Å². The van der Waals surface area contributed by atoms with Gasteiger partial charge in [-0.1, -0.05) is 0 Å². The molecule has 1 aromatic heterocycles. The molecule has 0 aromatic carbocycles. The van der Waals surface area contributed by atoms with Crippen molar-refractivity contribution in [1.82, 2.24) is 4.98 Å². The third kappa shape index (κ3) is 1.19. The van der Waals surface area contributed by atoms with Crippen LogP contribution < -0.4 is 0 Å². The van der Waals surface area contributed by atoms with Crippen molar-refractivity contribution in [2.45, 2.75) is 18.8 Å². The van der Waals surface area contributed by atoms with Crippen molar-refractivity contribution >= 4 is 0 Å².